The second-order valence-electron chi connectivity index (χ2n) is 7.81. The summed E-state index contributed by atoms with van der Waals surface area (Å²) in [4.78, 5) is 6.34. The molecule has 0 saturated carbocycles. The fourth-order valence-corrected chi connectivity index (χ4v) is 4.70. The van der Waals surface area contributed by atoms with Crippen molar-refractivity contribution in [1.82, 2.24) is 15.3 Å². The molecule has 10 heteroatoms. The zero-order chi connectivity index (χ0) is 24.2. The number of rotatable bonds is 14. The Hall–Kier alpha value is -2.68. The van der Waals surface area contributed by atoms with Crippen LogP contribution in [0.5, 0.6) is 5.75 Å². The maximum absolute atomic E-state index is 6.17. The molecule has 2 aromatic rings. The molecule has 3 rings (SSSR count). The van der Waals surface area contributed by atoms with E-state index in [2.05, 4.69) is 27.5 Å². The minimum Gasteiger partial charge on any atom is -0.456 e. The number of hydrogen-bond acceptors (Lipinski definition) is 9. The Bertz CT molecular complexity index is 911. The first kappa shape index (κ1) is 25.9. The van der Waals surface area contributed by atoms with E-state index in [0.29, 0.717) is 38.3 Å². The van der Waals surface area contributed by atoms with E-state index in [4.69, 9.17) is 25.5 Å². The Balaban J connectivity index is 1.46. The molecule has 34 heavy (non-hydrogen) atoms. The predicted octanol–water partition coefficient (Wildman–Crippen LogP) is 2.52. The maximum atomic E-state index is 6.17. The number of hydrogen-bond donors (Lipinski definition) is 4. The van der Waals surface area contributed by atoms with Gasteiger partial charge in [0.25, 0.3) is 0 Å². The Morgan fingerprint density at radius 2 is 1.82 bits per heavy atom. The van der Waals surface area contributed by atoms with Gasteiger partial charge in [0.15, 0.2) is 8.30 Å². The van der Waals surface area contributed by atoms with Crippen LogP contribution < -0.4 is 26.4 Å². The van der Waals surface area contributed by atoms with Gasteiger partial charge in [-0.3, -0.25) is 10.4 Å². The molecule has 0 saturated heterocycles. The zero-order valence-corrected chi connectivity index (χ0v) is 20.7. The molecular weight excluding hydrogens is 451 g/mol. The lowest BCUT2D eigenvalue weighted by Gasteiger charge is -2.28. The van der Waals surface area contributed by atoms with Gasteiger partial charge in [-0.2, -0.15) is 0 Å². The number of nitrogens with zero attached hydrogens (tertiary/aromatic N) is 2. The highest BCUT2D eigenvalue weighted by atomic mass is 31.2. The number of para-hydroxylation sites is 1. The number of likely N-dealkylation sites (N-methyl/N-ethyl adjacent to an activating group) is 1. The van der Waals surface area contributed by atoms with Gasteiger partial charge in [-0.05, 0) is 31.7 Å². The number of aliphatic imine (C=N–C) groups is 1. The molecule has 184 valence electrons. The van der Waals surface area contributed by atoms with Crippen LogP contribution in [0.1, 0.15) is 12.5 Å². The lowest BCUT2D eigenvalue weighted by molar-refractivity contribution is 0.0750. The summed E-state index contributed by atoms with van der Waals surface area (Å²) in [6.45, 7) is 4.47. The molecule has 2 unspecified atom stereocenters. The average molecular weight is 487 g/mol. The molecule has 9 nitrogen and oxygen atoms in total. The summed E-state index contributed by atoms with van der Waals surface area (Å²) < 4.78 is 18.1. The highest BCUT2D eigenvalue weighted by Crippen LogP contribution is 2.34. The fourth-order valence-electron chi connectivity index (χ4n) is 3.38. The van der Waals surface area contributed by atoms with Crippen molar-refractivity contribution in [3.63, 3.8) is 0 Å². The third kappa shape index (κ3) is 8.27. The SMILES string of the molecule is CNC1C(=C(N)N)N=CN1C[C@@H](C)OCP(NCCOCc1ccccc1)Oc1ccccc1. The minimum absolute atomic E-state index is 0.0684. The standard InChI is InChI=1S/C24H35N6O3P/c1-19(15-30-17-28-22(23(25)26)24(30)27-2)32-18-34(33-21-11-7-4-8-12-21)29-13-14-31-16-20-9-5-3-6-10-20/h3-12,17,19,24,27,29H,13-16,18,25-26H2,1-2H3/t19-,24?,34?/m1/s1. The van der Waals surface area contributed by atoms with Gasteiger partial charge in [0, 0.05) is 13.1 Å². The van der Waals surface area contributed by atoms with Gasteiger partial charge in [-0.25, -0.2) is 4.99 Å². The molecule has 2 aromatic carbocycles. The third-order valence-corrected chi connectivity index (χ3v) is 6.45. The summed E-state index contributed by atoms with van der Waals surface area (Å²) >= 11 is 0. The summed E-state index contributed by atoms with van der Waals surface area (Å²) in [6, 6.07) is 19.9. The first-order valence-electron chi connectivity index (χ1n) is 11.3. The molecule has 1 heterocycles. The molecular formula is C24H35N6O3P. The highest BCUT2D eigenvalue weighted by molar-refractivity contribution is 7.50. The summed E-state index contributed by atoms with van der Waals surface area (Å²) in [6.07, 6.45) is 1.93. The molecule has 3 atom stereocenters. The molecule has 0 radical (unpaired) electrons. The van der Waals surface area contributed by atoms with E-state index in [-0.39, 0.29) is 18.1 Å². The Labute approximate surface area is 203 Å². The van der Waals surface area contributed by atoms with Crippen LogP contribution in [0.2, 0.25) is 0 Å². The van der Waals surface area contributed by atoms with E-state index in [1.54, 1.807) is 6.34 Å². The van der Waals surface area contributed by atoms with Crippen LogP contribution in [-0.4, -0.2) is 56.6 Å². The fraction of sp³-hybridized carbons (Fsp3) is 0.375. The van der Waals surface area contributed by atoms with Crippen molar-refractivity contribution < 1.29 is 14.0 Å². The second kappa shape index (κ2) is 13.9. The van der Waals surface area contributed by atoms with E-state index in [1.807, 2.05) is 67.4 Å². The van der Waals surface area contributed by atoms with Gasteiger partial charge in [-0.15, -0.1) is 0 Å². The van der Waals surface area contributed by atoms with Crippen molar-refractivity contribution >= 4 is 14.6 Å². The normalized spacial score (nSPS) is 17.1. The average Bonchev–Trinajstić information content (AvgIpc) is 3.26. The number of nitrogens with two attached hydrogens (primary N) is 2. The van der Waals surface area contributed by atoms with Crippen LogP contribution in [0.4, 0.5) is 0 Å². The van der Waals surface area contributed by atoms with E-state index in [1.165, 1.54) is 0 Å². The van der Waals surface area contributed by atoms with E-state index < -0.39 is 8.30 Å². The summed E-state index contributed by atoms with van der Waals surface area (Å²) in [5.41, 5.74) is 13.3. The number of ether oxygens (including phenoxy) is 2. The lowest BCUT2D eigenvalue weighted by atomic mass is 10.2. The van der Waals surface area contributed by atoms with Gasteiger partial charge < -0.3 is 30.4 Å². The molecule has 0 aliphatic carbocycles. The summed E-state index contributed by atoms with van der Waals surface area (Å²) in [7, 11) is 0.783. The summed E-state index contributed by atoms with van der Waals surface area (Å²) in [5, 5.41) is 6.63. The zero-order valence-electron chi connectivity index (χ0n) is 19.8. The van der Waals surface area contributed by atoms with E-state index >= 15 is 0 Å². The van der Waals surface area contributed by atoms with Crippen LogP contribution >= 0.6 is 8.30 Å². The molecule has 0 aromatic heterocycles. The van der Waals surface area contributed by atoms with Crippen LogP contribution in [-0.2, 0) is 16.1 Å². The molecule has 1 aliphatic heterocycles. The number of benzene rings is 2. The van der Waals surface area contributed by atoms with Crippen molar-refractivity contribution in [2.24, 2.45) is 16.5 Å². The second-order valence-corrected chi connectivity index (χ2v) is 9.32. The van der Waals surface area contributed by atoms with Gasteiger partial charge in [-0.1, -0.05) is 48.5 Å². The van der Waals surface area contributed by atoms with Crippen molar-refractivity contribution in [2.75, 3.05) is 33.1 Å². The Kier molecular flexibility index (Phi) is 10.6. The van der Waals surface area contributed by atoms with Gasteiger partial charge in [0.05, 0.1) is 25.7 Å². The third-order valence-electron chi connectivity index (χ3n) is 5.05. The maximum Gasteiger partial charge on any atom is 0.187 e. The van der Waals surface area contributed by atoms with E-state index in [9.17, 15) is 0 Å². The van der Waals surface area contributed by atoms with Crippen molar-refractivity contribution in [3.05, 3.63) is 77.7 Å². The number of nitrogens with one attached hydrogen (secondary N) is 2. The first-order valence-corrected chi connectivity index (χ1v) is 12.7. The van der Waals surface area contributed by atoms with Crippen LogP contribution in [0.15, 0.2) is 77.2 Å². The van der Waals surface area contributed by atoms with Gasteiger partial charge in [0.2, 0.25) is 0 Å². The van der Waals surface area contributed by atoms with Crippen molar-refractivity contribution in [2.45, 2.75) is 25.8 Å². The van der Waals surface area contributed by atoms with Crippen molar-refractivity contribution in [1.29, 1.82) is 0 Å². The van der Waals surface area contributed by atoms with Gasteiger partial charge >= 0.3 is 0 Å². The van der Waals surface area contributed by atoms with Crippen LogP contribution in [0.25, 0.3) is 0 Å². The van der Waals surface area contributed by atoms with Crippen LogP contribution in [0.3, 0.4) is 0 Å². The topological polar surface area (TPSA) is 119 Å². The van der Waals surface area contributed by atoms with Gasteiger partial charge in [0.1, 0.15) is 29.8 Å². The van der Waals surface area contributed by atoms with E-state index in [0.717, 1.165) is 11.3 Å². The quantitative estimate of drug-likeness (QED) is 0.238. The summed E-state index contributed by atoms with van der Waals surface area (Å²) in [5.74, 6) is 1.02. The molecule has 0 bridgehead atoms. The molecule has 1 aliphatic rings. The Morgan fingerprint density at radius 1 is 1.12 bits per heavy atom. The highest BCUT2D eigenvalue weighted by Gasteiger charge is 2.27. The lowest BCUT2D eigenvalue weighted by Crippen LogP contribution is -2.45. The molecule has 0 spiro atoms. The largest absolute Gasteiger partial charge is 0.456 e. The van der Waals surface area contributed by atoms with Crippen molar-refractivity contribution in [3.8, 4) is 5.75 Å². The molecule has 0 amide bonds. The monoisotopic (exact) mass is 486 g/mol. The smallest absolute Gasteiger partial charge is 0.187 e. The first-order chi connectivity index (χ1) is 16.6. The van der Waals surface area contributed by atoms with Crippen LogP contribution in [0, 0.1) is 0 Å². The minimum atomic E-state index is -1.06. The predicted molar refractivity (Wildman–Crippen MR) is 137 cm³/mol. The Morgan fingerprint density at radius 3 is 2.50 bits per heavy atom. The molecule has 0 fully saturated rings. The molecule has 6 N–H and O–H groups in total.